The van der Waals surface area contributed by atoms with Gasteiger partial charge in [0.1, 0.15) is 5.92 Å². The minimum absolute atomic E-state index is 0.0676. The summed E-state index contributed by atoms with van der Waals surface area (Å²) in [5, 5.41) is 12.9. The van der Waals surface area contributed by atoms with Gasteiger partial charge in [0, 0.05) is 12.1 Å². The van der Waals surface area contributed by atoms with Crippen LogP contribution in [0.15, 0.2) is 78.9 Å². The monoisotopic (exact) mass is 449 g/mol. The van der Waals surface area contributed by atoms with Crippen molar-refractivity contribution in [3.63, 3.8) is 0 Å². The summed E-state index contributed by atoms with van der Waals surface area (Å²) in [7, 11) is 0. The summed E-state index contributed by atoms with van der Waals surface area (Å²) in [6.45, 7) is 0. The Morgan fingerprint density at radius 3 is 2.19 bits per heavy atom. The molecule has 8 nitrogen and oxygen atoms in total. The summed E-state index contributed by atoms with van der Waals surface area (Å²) in [5.74, 6) is -1.78. The van der Waals surface area contributed by atoms with Crippen LogP contribution < -0.4 is 9.96 Å². The van der Waals surface area contributed by atoms with Crippen molar-refractivity contribution in [1.82, 2.24) is 0 Å². The number of hydrogen-bond acceptors (Lipinski definition) is 6. The van der Waals surface area contributed by atoms with Crippen molar-refractivity contribution >= 4 is 40.5 Å². The SMILES string of the molecule is O=C1C2ON(c3ccccc3)C(c3ccc([N+](=O)[O-])cc3)C2C(=O)N1c1ccccc1Cl. The van der Waals surface area contributed by atoms with E-state index < -0.39 is 34.8 Å². The quantitative estimate of drug-likeness (QED) is 0.335. The fraction of sp³-hybridized carbons (Fsp3) is 0.130. The van der Waals surface area contributed by atoms with E-state index in [1.165, 1.54) is 17.2 Å². The Hall–Kier alpha value is -3.75. The standard InChI is InChI=1S/C23H16ClN3O5/c24-17-8-4-5-9-18(17)25-22(28)19-20(14-10-12-16(13-11-14)27(30)31)26(32-21(19)23(25)29)15-6-2-1-3-7-15/h1-13,19-21H. The average molecular weight is 450 g/mol. The van der Waals surface area contributed by atoms with E-state index in [0.717, 1.165) is 4.90 Å². The number of para-hydroxylation sites is 2. The number of nitro groups is 1. The molecular weight excluding hydrogens is 434 g/mol. The molecule has 0 radical (unpaired) electrons. The van der Waals surface area contributed by atoms with Gasteiger partial charge in [-0.25, -0.2) is 9.96 Å². The second kappa shape index (κ2) is 7.74. The predicted molar refractivity (Wildman–Crippen MR) is 117 cm³/mol. The minimum atomic E-state index is -1.04. The van der Waals surface area contributed by atoms with Gasteiger partial charge >= 0.3 is 0 Å². The van der Waals surface area contributed by atoms with Gasteiger partial charge in [0.15, 0.2) is 6.10 Å². The lowest BCUT2D eigenvalue weighted by Gasteiger charge is -2.28. The van der Waals surface area contributed by atoms with Crippen molar-refractivity contribution in [2.24, 2.45) is 5.92 Å². The van der Waals surface area contributed by atoms with Crippen LogP contribution in [-0.2, 0) is 14.4 Å². The molecule has 0 saturated carbocycles. The van der Waals surface area contributed by atoms with E-state index >= 15 is 0 Å². The molecule has 3 atom stereocenters. The number of nitro benzene ring substituents is 1. The van der Waals surface area contributed by atoms with Crippen molar-refractivity contribution in [3.8, 4) is 0 Å². The number of rotatable bonds is 4. The number of hydroxylamine groups is 1. The maximum atomic E-state index is 13.5. The first-order valence-corrected chi connectivity index (χ1v) is 10.2. The molecule has 0 aliphatic carbocycles. The van der Waals surface area contributed by atoms with Gasteiger partial charge in [0.2, 0.25) is 5.91 Å². The van der Waals surface area contributed by atoms with Crippen LogP contribution in [0.25, 0.3) is 0 Å². The molecule has 0 spiro atoms. The molecule has 32 heavy (non-hydrogen) atoms. The number of hydrogen-bond donors (Lipinski definition) is 0. The van der Waals surface area contributed by atoms with Gasteiger partial charge in [-0.15, -0.1) is 0 Å². The second-order valence-corrected chi connectivity index (χ2v) is 7.88. The molecule has 2 saturated heterocycles. The third kappa shape index (κ3) is 3.12. The zero-order valence-electron chi connectivity index (χ0n) is 16.5. The van der Waals surface area contributed by atoms with Crippen molar-refractivity contribution in [2.75, 3.05) is 9.96 Å². The van der Waals surface area contributed by atoms with Crippen LogP contribution >= 0.6 is 11.6 Å². The lowest BCUT2D eigenvalue weighted by atomic mass is 9.90. The molecule has 0 bridgehead atoms. The van der Waals surface area contributed by atoms with E-state index in [9.17, 15) is 19.7 Å². The Bertz CT molecular complexity index is 1220. The molecule has 3 aromatic rings. The first-order chi connectivity index (χ1) is 15.5. The first-order valence-electron chi connectivity index (χ1n) is 9.85. The number of carbonyl (C=O) groups excluding carboxylic acids is 2. The van der Waals surface area contributed by atoms with Crippen LogP contribution in [-0.4, -0.2) is 22.8 Å². The summed E-state index contributed by atoms with van der Waals surface area (Å²) >= 11 is 6.26. The van der Waals surface area contributed by atoms with Crippen LogP contribution in [0, 0.1) is 16.0 Å². The number of amides is 2. The van der Waals surface area contributed by atoms with E-state index in [-0.39, 0.29) is 10.7 Å². The molecule has 2 fully saturated rings. The van der Waals surface area contributed by atoms with Crippen molar-refractivity contribution in [2.45, 2.75) is 12.1 Å². The predicted octanol–water partition coefficient (Wildman–Crippen LogP) is 4.30. The Kier molecular flexibility index (Phi) is 4.88. The fourth-order valence-electron chi connectivity index (χ4n) is 4.22. The van der Waals surface area contributed by atoms with Gasteiger partial charge in [-0.05, 0) is 29.8 Å². The minimum Gasteiger partial charge on any atom is -0.273 e. The number of imide groups is 1. The Balaban J connectivity index is 1.59. The highest BCUT2D eigenvalue weighted by molar-refractivity contribution is 6.36. The molecule has 9 heteroatoms. The zero-order valence-corrected chi connectivity index (χ0v) is 17.3. The smallest absolute Gasteiger partial charge is 0.269 e. The topological polar surface area (TPSA) is 93.0 Å². The van der Waals surface area contributed by atoms with Crippen LogP contribution in [0.1, 0.15) is 11.6 Å². The van der Waals surface area contributed by atoms with E-state index in [0.29, 0.717) is 16.9 Å². The zero-order chi connectivity index (χ0) is 22.4. The van der Waals surface area contributed by atoms with Crippen LogP contribution in [0.2, 0.25) is 5.02 Å². The number of halogens is 1. The van der Waals surface area contributed by atoms with Gasteiger partial charge < -0.3 is 0 Å². The summed E-state index contributed by atoms with van der Waals surface area (Å²) in [6.07, 6.45) is -1.04. The summed E-state index contributed by atoms with van der Waals surface area (Å²) < 4.78 is 0. The largest absolute Gasteiger partial charge is 0.273 e. The van der Waals surface area contributed by atoms with E-state index in [1.807, 2.05) is 18.2 Å². The van der Waals surface area contributed by atoms with E-state index in [2.05, 4.69) is 0 Å². The van der Waals surface area contributed by atoms with Gasteiger partial charge in [-0.2, -0.15) is 0 Å². The van der Waals surface area contributed by atoms with E-state index in [1.54, 1.807) is 48.5 Å². The summed E-state index contributed by atoms with van der Waals surface area (Å²) in [4.78, 5) is 44.5. The Labute approximate surface area is 187 Å². The third-order valence-electron chi connectivity index (χ3n) is 5.66. The van der Waals surface area contributed by atoms with Crippen LogP contribution in [0.5, 0.6) is 0 Å². The molecule has 2 aliphatic heterocycles. The maximum absolute atomic E-state index is 13.5. The number of benzene rings is 3. The van der Waals surface area contributed by atoms with Crippen molar-refractivity contribution in [1.29, 1.82) is 0 Å². The number of anilines is 2. The highest BCUT2D eigenvalue weighted by Crippen LogP contribution is 2.48. The van der Waals surface area contributed by atoms with Crippen LogP contribution in [0.4, 0.5) is 17.1 Å². The lowest BCUT2D eigenvalue weighted by Crippen LogP contribution is -2.37. The van der Waals surface area contributed by atoms with Gasteiger partial charge in [0.05, 0.1) is 27.4 Å². The van der Waals surface area contributed by atoms with Gasteiger partial charge in [0.25, 0.3) is 11.6 Å². The molecule has 2 aliphatic rings. The number of nitrogens with zero attached hydrogens (tertiary/aromatic N) is 3. The van der Waals surface area contributed by atoms with Crippen molar-refractivity contribution < 1.29 is 19.3 Å². The lowest BCUT2D eigenvalue weighted by molar-refractivity contribution is -0.384. The van der Waals surface area contributed by atoms with Gasteiger partial charge in [-0.1, -0.05) is 54.1 Å². The van der Waals surface area contributed by atoms with Crippen LogP contribution in [0.3, 0.4) is 0 Å². The molecule has 2 amide bonds. The summed E-state index contributed by atoms with van der Waals surface area (Å²) in [6, 6.07) is 21.0. The van der Waals surface area contributed by atoms with E-state index in [4.69, 9.17) is 16.4 Å². The summed E-state index contributed by atoms with van der Waals surface area (Å²) in [5.41, 5.74) is 1.52. The molecule has 3 unspecified atom stereocenters. The molecule has 5 rings (SSSR count). The maximum Gasteiger partial charge on any atom is 0.269 e. The Morgan fingerprint density at radius 1 is 0.875 bits per heavy atom. The third-order valence-corrected chi connectivity index (χ3v) is 5.98. The molecule has 3 aromatic carbocycles. The number of non-ortho nitro benzene ring substituents is 1. The second-order valence-electron chi connectivity index (χ2n) is 7.47. The molecule has 160 valence electrons. The molecule has 2 heterocycles. The normalized spacial score (nSPS) is 22.3. The van der Waals surface area contributed by atoms with Crippen molar-refractivity contribution in [3.05, 3.63) is 99.6 Å². The fourth-order valence-corrected chi connectivity index (χ4v) is 4.44. The number of carbonyl (C=O) groups is 2. The van der Waals surface area contributed by atoms with Gasteiger partial charge in [-0.3, -0.25) is 24.5 Å². The highest BCUT2D eigenvalue weighted by atomic mass is 35.5. The average Bonchev–Trinajstić information content (AvgIpc) is 3.31. The highest BCUT2D eigenvalue weighted by Gasteiger charge is 2.60. The molecule has 0 aromatic heterocycles. The Morgan fingerprint density at radius 2 is 1.53 bits per heavy atom. The number of fused-ring (bicyclic) bond motifs is 1. The molecule has 0 N–H and O–H groups in total. The molecular formula is C23H16ClN3O5. The first kappa shape index (κ1) is 20.2.